The molecule has 1 aliphatic rings. The standard InChI is InChI=1S/C19H18ClFN2O2/c1-12-6-7-16(11-17(12)21)23-9-8-22(13(2)18(23)24)19(25)14-4-3-5-15(20)10-14/h3-7,10-11,13H,8-9H2,1-2H3/t13-/m0/s1. The summed E-state index contributed by atoms with van der Waals surface area (Å²) >= 11 is 5.94. The minimum Gasteiger partial charge on any atom is -0.325 e. The van der Waals surface area contributed by atoms with Crippen LogP contribution in [0.1, 0.15) is 22.8 Å². The van der Waals surface area contributed by atoms with E-state index in [0.29, 0.717) is 34.9 Å². The lowest BCUT2D eigenvalue weighted by atomic mass is 10.1. The quantitative estimate of drug-likeness (QED) is 0.820. The van der Waals surface area contributed by atoms with Gasteiger partial charge in [0, 0.05) is 29.4 Å². The lowest BCUT2D eigenvalue weighted by Gasteiger charge is -2.39. The fourth-order valence-corrected chi connectivity index (χ4v) is 3.13. The Kier molecular flexibility index (Phi) is 4.77. The van der Waals surface area contributed by atoms with Crippen molar-refractivity contribution >= 4 is 29.1 Å². The number of carbonyl (C=O) groups is 2. The van der Waals surface area contributed by atoms with E-state index in [1.54, 1.807) is 50.2 Å². The van der Waals surface area contributed by atoms with Crippen LogP contribution in [0.2, 0.25) is 5.02 Å². The molecule has 0 saturated carbocycles. The molecule has 2 aromatic rings. The molecule has 4 nitrogen and oxygen atoms in total. The summed E-state index contributed by atoms with van der Waals surface area (Å²) in [6, 6.07) is 10.7. The minimum absolute atomic E-state index is 0.232. The van der Waals surface area contributed by atoms with E-state index in [1.807, 2.05) is 0 Å². The van der Waals surface area contributed by atoms with Crippen LogP contribution < -0.4 is 4.90 Å². The van der Waals surface area contributed by atoms with Crippen molar-refractivity contribution in [1.29, 1.82) is 0 Å². The van der Waals surface area contributed by atoms with Gasteiger partial charge in [-0.05, 0) is 49.7 Å². The van der Waals surface area contributed by atoms with E-state index in [9.17, 15) is 14.0 Å². The maximum absolute atomic E-state index is 13.8. The van der Waals surface area contributed by atoms with E-state index in [1.165, 1.54) is 15.9 Å². The first-order chi connectivity index (χ1) is 11.9. The molecule has 0 aromatic heterocycles. The maximum atomic E-state index is 13.8. The third-order valence-electron chi connectivity index (χ3n) is 4.45. The summed E-state index contributed by atoms with van der Waals surface area (Å²) in [7, 11) is 0. The number of piperazine rings is 1. The largest absolute Gasteiger partial charge is 0.325 e. The summed E-state index contributed by atoms with van der Waals surface area (Å²) < 4.78 is 13.8. The molecule has 0 N–H and O–H groups in total. The van der Waals surface area contributed by atoms with Crippen LogP contribution in [0.15, 0.2) is 42.5 Å². The summed E-state index contributed by atoms with van der Waals surface area (Å²) in [6.45, 7) is 4.04. The molecule has 0 radical (unpaired) electrons. The number of benzene rings is 2. The fraction of sp³-hybridized carbons (Fsp3) is 0.263. The van der Waals surface area contributed by atoms with E-state index < -0.39 is 6.04 Å². The molecule has 1 heterocycles. The van der Waals surface area contributed by atoms with E-state index >= 15 is 0 Å². The number of hydrogen-bond acceptors (Lipinski definition) is 2. The van der Waals surface area contributed by atoms with Crippen molar-refractivity contribution in [2.24, 2.45) is 0 Å². The Morgan fingerprint density at radius 1 is 1.20 bits per heavy atom. The summed E-state index contributed by atoms with van der Waals surface area (Å²) in [6.07, 6.45) is 0. The number of aryl methyl sites for hydroxylation is 1. The average Bonchev–Trinajstić information content (AvgIpc) is 2.59. The van der Waals surface area contributed by atoms with Crippen molar-refractivity contribution in [3.63, 3.8) is 0 Å². The summed E-state index contributed by atoms with van der Waals surface area (Å²) in [4.78, 5) is 28.5. The first kappa shape index (κ1) is 17.4. The number of rotatable bonds is 2. The Hall–Kier alpha value is -2.40. The zero-order chi connectivity index (χ0) is 18.1. The van der Waals surface area contributed by atoms with Crippen molar-refractivity contribution in [2.45, 2.75) is 19.9 Å². The lowest BCUT2D eigenvalue weighted by molar-refractivity contribution is -0.124. The van der Waals surface area contributed by atoms with Crippen molar-refractivity contribution in [3.8, 4) is 0 Å². The van der Waals surface area contributed by atoms with Gasteiger partial charge in [0.2, 0.25) is 5.91 Å². The van der Waals surface area contributed by atoms with Crippen LogP contribution in [0.3, 0.4) is 0 Å². The molecule has 1 atom stereocenters. The van der Waals surface area contributed by atoms with Gasteiger partial charge in [-0.15, -0.1) is 0 Å². The SMILES string of the molecule is Cc1ccc(N2CCN(C(=O)c3cccc(Cl)c3)[C@@H](C)C2=O)cc1F. The lowest BCUT2D eigenvalue weighted by Crippen LogP contribution is -2.57. The highest BCUT2D eigenvalue weighted by Gasteiger charge is 2.35. The number of halogens is 2. The second-order valence-electron chi connectivity index (χ2n) is 6.11. The molecule has 3 rings (SSSR count). The van der Waals surface area contributed by atoms with Gasteiger partial charge in [-0.3, -0.25) is 9.59 Å². The molecule has 2 aromatic carbocycles. The molecule has 130 valence electrons. The molecular formula is C19H18ClFN2O2. The molecule has 1 saturated heterocycles. The first-order valence-corrected chi connectivity index (χ1v) is 8.40. The van der Waals surface area contributed by atoms with Gasteiger partial charge < -0.3 is 9.80 Å². The fourth-order valence-electron chi connectivity index (χ4n) is 2.94. The Bertz CT molecular complexity index is 840. The Balaban J connectivity index is 1.81. The normalized spacial score (nSPS) is 17.8. The monoisotopic (exact) mass is 360 g/mol. The number of hydrogen-bond donors (Lipinski definition) is 0. The van der Waals surface area contributed by atoms with Gasteiger partial charge in [0.15, 0.2) is 0 Å². The van der Waals surface area contributed by atoms with Crippen molar-refractivity contribution in [3.05, 3.63) is 64.4 Å². The zero-order valence-corrected chi connectivity index (χ0v) is 14.8. The molecule has 0 bridgehead atoms. The van der Waals surface area contributed by atoms with Gasteiger partial charge in [0.05, 0.1) is 0 Å². The summed E-state index contributed by atoms with van der Waals surface area (Å²) in [5.74, 6) is -0.821. The van der Waals surface area contributed by atoms with E-state index in [0.717, 1.165) is 0 Å². The molecular weight excluding hydrogens is 343 g/mol. The third kappa shape index (κ3) is 3.37. The van der Waals surface area contributed by atoms with Gasteiger partial charge in [-0.1, -0.05) is 23.7 Å². The van der Waals surface area contributed by atoms with Crippen LogP contribution in [0.5, 0.6) is 0 Å². The highest BCUT2D eigenvalue weighted by molar-refractivity contribution is 6.31. The van der Waals surface area contributed by atoms with Crippen molar-refractivity contribution < 1.29 is 14.0 Å². The third-order valence-corrected chi connectivity index (χ3v) is 4.69. The van der Waals surface area contributed by atoms with Gasteiger partial charge >= 0.3 is 0 Å². The predicted octanol–water partition coefficient (Wildman–Crippen LogP) is 3.67. The second kappa shape index (κ2) is 6.84. The van der Waals surface area contributed by atoms with Crippen LogP contribution >= 0.6 is 11.6 Å². The highest BCUT2D eigenvalue weighted by Crippen LogP contribution is 2.24. The Labute approximate surface area is 150 Å². The molecule has 1 fully saturated rings. The summed E-state index contributed by atoms with van der Waals surface area (Å²) in [5.41, 5.74) is 1.48. The van der Waals surface area contributed by atoms with Crippen LogP contribution in [0, 0.1) is 12.7 Å². The minimum atomic E-state index is -0.635. The number of anilines is 1. The van der Waals surface area contributed by atoms with Gasteiger partial charge in [0.25, 0.3) is 5.91 Å². The van der Waals surface area contributed by atoms with Gasteiger partial charge in [-0.25, -0.2) is 4.39 Å². The van der Waals surface area contributed by atoms with Crippen LogP contribution in [0.4, 0.5) is 10.1 Å². The topological polar surface area (TPSA) is 40.6 Å². The van der Waals surface area contributed by atoms with E-state index in [4.69, 9.17) is 11.6 Å². The van der Waals surface area contributed by atoms with Crippen LogP contribution in [0.25, 0.3) is 0 Å². The number of carbonyl (C=O) groups excluding carboxylic acids is 2. The summed E-state index contributed by atoms with van der Waals surface area (Å²) in [5, 5.41) is 0.471. The van der Waals surface area contributed by atoms with E-state index in [-0.39, 0.29) is 17.6 Å². The molecule has 6 heteroatoms. The van der Waals surface area contributed by atoms with Crippen molar-refractivity contribution in [2.75, 3.05) is 18.0 Å². The van der Waals surface area contributed by atoms with Crippen LogP contribution in [-0.2, 0) is 4.79 Å². The molecule has 0 unspecified atom stereocenters. The molecule has 1 aliphatic heterocycles. The highest BCUT2D eigenvalue weighted by atomic mass is 35.5. The van der Waals surface area contributed by atoms with Crippen LogP contribution in [-0.4, -0.2) is 35.8 Å². The number of amides is 2. The number of nitrogens with zero attached hydrogens (tertiary/aromatic N) is 2. The first-order valence-electron chi connectivity index (χ1n) is 8.02. The Morgan fingerprint density at radius 3 is 2.64 bits per heavy atom. The Morgan fingerprint density at radius 2 is 1.96 bits per heavy atom. The molecule has 0 spiro atoms. The van der Waals surface area contributed by atoms with Crippen molar-refractivity contribution in [1.82, 2.24) is 4.90 Å². The van der Waals surface area contributed by atoms with Gasteiger partial charge in [0.1, 0.15) is 11.9 Å². The molecule has 25 heavy (non-hydrogen) atoms. The second-order valence-corrected chi connectivity index (χ2v) is 6.54. The average molecular weight is 361 g/mol. The van der Waals surface area contributed by atoms with E-state index in [2.05, 4.69) is 0 Å². The van der Waals surface area contributed by atoms with Gasteiger partial charge in [-0.2, -0.15) is 0 Å². The zero-order valence-electron chi connectivity index (χ0n) is 14.0. The smallest absolute Gasteiger partial charge is 0.254 e. The predicted molar refractivity (Wildman–Crippen MR) is 95.4 cm³/mol. The molecule has 2 amide bonds. The molecule has 0 aliphatic carbocycles. The maximum Gasteiger partial charge on any atom is 0.254 e.